The molecule has 0 aliphatic carbocycles. The number of hydrogen-bond acceptors (Lipinski definition) is 5. The van der Waals surface area contributed by atoms with Crippen LogP contribution in [0, 0.1) is 6.92 Å². The second-order valence-electron chi connectivity index (χ2n) is 6.26. The van der Waals surface area contributed by atoms with Gasteiger partial charge in [0.15, 0.2) is 11.2 Å². The van der Waals surface area contributed by atoms with E-state index in [1.807, 2.05) is 18.2 Å². The predicted molar refractivity (Wildman–Crippen MR) is 103 cm³/mol. The summed E-state index contributed by atoms with van der Waals surface area (Å²) in [5.74, 6) is -1.21. The molecule has 1 amide bonds. The van der Waals surface area contributed by atoms with Crippen LogP contribution in [0.5, 0.6) is 0 Å². The van der Waals surface area contributed by atoms with Crippen molar-refractivity contribution in [3.05, 3.63) is 75.3 Å². The van der Waals surface area contributed by atoms with E-state index in [0.29, 0.717) is 17.0 Å². The van der Waals surface area contributed by atoms with Crippen molar-refractivity contribution in [2.24, 2.45) is 7.05 Å². The first-order valence-corrected chi connectivity index (χ1v) is 8.55. The molecule has 0 aliphatic rings. The van der Waals surface area contributed by atoms with Crippen molar-refractivity contribution in [3.8, 4) is 5.69 Å². The molecule has 3 heterocycles. The Labute approximate surface area is 158 Å². The highest BCUT2D eigenvalue weighted by molar-refractivity contribution is 5.91. The number of amides is 1. The van der Waals surface area contributed by atoms with E-state index < -0.39 is 11.7 Å². The number of para-hydroxylation sites is 1. The fourth-order valence-corrected chi connectivity index (χ4v) is 3.07. The number of carbonyl (C=O) groups is 1. The second kappa shape index (κ2) is 6.69. The summed E-state index contributed by atoms with van der Waals surface area (Å²) in [4.78, 5) is 41.5. The Bertz CT molecular complexity index is 1290. The smallest absolute Gasteiger partial charge is 0.406 e. The van der Waals surface area contributed by atoms with Crippen LogP contribution in [0.3, 0.4) is 0 Å². The Balaban J connectivity index is 1.66. The van der Waals surface area contributed by atoms with Crippen LogP contribution in [0.25, 0.3) is 16.9 Å². The molecule has 3 aromatic heterocycles. The molecule has 0 atom stereocenters. The van der Waals surface area contributed by atoms with Gasteiger partial charge in [0.1, 0.15) is 12.2 Å². The van der Waals surface area contributed by atoms with E-state index in [0.717, 1.165) is 4.57 Å². The zero-order valence-electron chi connectivity index (χ0n) is 15.2. The Hall–Kier alpha value is -3.88. The molecular weight excluding hydrogens is 362 g/mol. The van der Waals surface area contributed by atoms with E-state index in [9.17, 15) is 14.4 Å². The maximum atomic E-state index is 12.9. The molecule has 0 saturated carbocycles. The maximum absolute atomic E-state index is 12.9. The van der Waals surface area contributed by atoms with Crippen LogP contribution in [0.1, 0.15) is 5.69 Å². The zero-order chi connectivity index (χ0) is 19.8. The van der Waals surface area contributed by atoms with Gasteiger partial charge in [0.05, 0.1) is 11.4 Å². The molecule has 4 rings (SSSR count). The summed E-state index contributed by atoms with van der Waals surface area (Å²) in [6, 6.07) is 12.3. The second-order valence-corrected chi connectivity index (χ2v) is 6.26. The van der Waals surface area contributed by atoms with Crippen LogP contribution >= 0.6 is 0 Å². The number of carbonyl (C=O) groups excluding carboxylic acids is 1. The molecule has 142 valence electrons. The quantitative estimate of drug-likeness (QED) is 0.578. The Kier molecular flexibility index (Phi) is 4.19. The molecule has 28 heavy (non-hydrogen) atoms. The van der Waals surface area contributed by atoms with Gasteiger partial charge in [-0.3, -0.25) is 14.3 Å². The number of aromatic nitrogens is 4. The first-order chi connectivity index (χ1) is 13.5. The van der Waals surface area contributed by atoms with Crippen molar-refractivity contribution in [1.29, 1.82) is 0 Å². The van der Waals surface area contributed by atoms with Crippen molar-refractivity contribution in [2.45, 2.75) is 13.5 Å². The molecule has 0 unspecified atom stereocenters. The third-order valence-electron chi connectivity index (χ3n) is 4.54. The van der Waals surface area contributed by atoms with Crippen molar-refractivity contribution in [2.75, 3.05) is 5.32 Å². The summed E-state index contributed by atoms with van der Waals surface area (Å²) in [5.41, 5.74) is 1.63. The lowest BCUT2D eigenvalue weighted by Gasteiger charge is -2.07. The molecule has 9 nitrogen and oxygen atoms in total. The minimum Gasteiger partial charge on any atom is -0.406 e. The van der Waals surface area contributed by atoms with E-state index in [1.54, 1.807) is 42.9 Å². The molecule has 0 spiro atoms. The number of fused-ring (bicyclic) bond motifs is 1. The normalized spacial score (nSPS) is 11.1. The van der Waals surface area contributed by atoms with Crippen LogP contribution in [0.2, 0.25) is 0 Å². The summed E-state index contributed by atoms with van der Waals surface area (Å²) in [6.45, 7) is 1.42. The summed E-state index contributed by atoms with van der Waals surface area (Å²) in [7, 11) is 1.73. The molecular formula is C19H17N5O4. The third-order valence-corrected chi connectivity index (χ3v) is 4.54. The number of nitrogens with one attached hydrogen (secondary N) is 1. The number of nitrogens with zero attached hydrogens (tertiary/aromatic N) is 4. The molecule has 1 aromatic carbocycles. The number of rotatable bonds is 4. The lowest BCUT2D eigenvalue weighted by molar-refractivity contribution is -0.116. The van der Waals surface area contributed by atoms with Crippen LogP contribution in [0.15, 0.2) is 62.7 Å². The fourth-order valence-electron chi connectivity index (χ4n) is 3.07. The summed E-state index contributed by atoms with van der Waals surface area (Å²) in [6.07, 6.45) is 1.51. The van der Waals surface area contributed by atoms with Crippen molar-refractivity contribution in [1.82, 2.24) is 18.9 Å². The topological polar surface area (TPSA) is 104 Å². The molecule has 9 heteroatoms. The highest BCUT2D eigenvalue weighted by Gasteiger charge is 2.20. The fraction of sp³-hybridized carbons (Fsp3) is 0.158. The minimum atomic E-state index is -0.685. The van der Waals surface area contributed by atoms with Crippen LogP contribution in [0.4, 0.5) is 5.69 Å². The lowest BCUT2D eigenvalue weighted by Crippen LogP contribution is -2.28. The maximum Gasteiger partial charge on any atom is 0.421 e. The number of benzene rings is 1. The van der Waals surface area contributed by atoms with Gasteiger partial charge in [-0.25, -0.2) is 19.0 Å². The van der Waals surface area contributed by atoms with Gasteiger partial charge < -0.3 is 9.73 Å². The van der Waals surface area contributed by atoms with Gasteiger partial charge in [0, 0.05) is 13.2 Å². The first-order valence-electron chi connectivity index (χ1n) is 8.55. The number of anilines is 1. The van der Waals surface area contributed by atoms with E-state index in [-0.39, 0.29) is 23.4 Å². The van der Waals surface area contributed by atoms with Gasteiger partial charge in [0.25, 0.3) is 5.56 Å². The van der Waals surface area contributed by atoms with Crippen molar-refractivity contribution < 1.29 is 9.21 Å². The molecule has 0 saturated heterocycles. The molecule has 4 aromatic rings. The monoisotopic (exact) mass is 379 g/mol. The molecule has 0 bridgehead atoms. The van der Waals surface area contributed by atoms with Gasteiger partial charge in [0.2, 0.25) is 5.91 Å². The van der Waals surface area contributed by atoms with E-state index in [2.05, 4.69) is 10.3 Å². The number of hydrogen-bond donors (Lipinski definition) is 1. The average Bonchev–Trinajstić information content (AvgIpc) is 3.11. The van der Waals surface area contributed by atoms with Gasteiger partial charge in [-0.1, -0.05) is 18.2 Å². The van der Waals surface area contributed by atoms with Gasteiger partial charge in [-0.15, -0.1) is 0 Å². The average molecular weight is 379 g/mol. The van der Waals surface area contributed by atoms with E-state index in [1.165, 1.54) is 10.9 Å². The standard InChI is InChI=1S/C19H17N5O4/c1-12-16(18(26)24(22(12)2)13-7-4-3-5-8-13)21-15(25)11-23-17-14(28-19(23)27)9-6-10-20-17/h3-10H,11H2,1-2H3,(H,21,25). The van der Waals surface area contributed by atoms with E-state index >= 15 is 0 Å². The summed E-state index contributed by atoms with van der Waals surface area (Å²) < 4.78 is 9.32. The van der Waals surface area contributed by atoms with Crippen molar-refractivity contribution >= 4 is 22.8 Å². The summed E-state index contributed by atoms with van der Waals surface area (Å²) in [5, 5.41) is 2.62. The molecule has 0 aliphatic heterocycles. The third kappa shape index (κ3) is 2.82. The minimum absolute atomic E-state index is 0.158. The van der Waals surface area contributed by atoms with E-state index in [4.69, 9.17) is 4.42 Å². The summed E-state index contributed by atoms with van der Waals surface area (Å²) >= 11 is 0. The van der Waals surface area contributed by atoms with Gasteiger partial charge in [-0.2, -0.15) is 0 Å². The largest absolute Gasteiger partial charge is 0.421 e. The van der Waals surface area contributed by atoms with Crippen LogP contribution in [-0.2, 0) is 18.4 Å². The molecule has 0 fully saturated rings. The molecule has 1 N–H and O–H groups in total. The lowest BCUT2D eigenvalue weighted by atomic mass is 10.3. The Morgan fingerprint density at radius 1 is 1.14 bits per heavy atom. The highest BCUT2D eigenvalue weighted by Crippen LogP contribution is 2.14. The Morgan fingerprint density at radius 3 is 2.64 bits per heavy atom. The van der Waals surface area contributed by atoms with Crippen LogP contribution < -0.4 is 16.6 Å². The predicted octanol–water partition coefficient (Wildman–Crippen LogP) is 1.43. The number of oxazole rings is 1. The van der Waals surface area contributed by atoms with Gasteiger partial charge >= 0.3 is 5.76 Å². The van der Waals surface area contributed by atoms with Crippen LogP contribution in [-0.4, -0.2) is 24.8 Å². The van der Waals surface area contributed by atoms with Gasteiger partial charge in [-0.05, 0) is 31.2 Å². The number of pyridine rings is 1. The SMILES string of the molecule is Cc1c(NC(=O)Cn2c(=O)oc3cccnc32)c(=O)n(-c2ccccc2)n1C. The zero-order valence-corrected chi connectivity index (χ0v) is 15.2. The Morgan fingerprint density at radius 2 is 1.89 bits per heavy atom. The van der Waals surface area contributed by atoms with Crippen molar-refractivity contribution in [3.63, 3.8) is 0 Å². The first kappa shape index (κ1) is 17.5. The molecule has 0 radical (unpaired) electrons. The highest BCUT2D eigenvalue weighted by atomic mass is 16.4.